The van der Waals surface area contributed by atoms with Crippen molar-refractivity contribution in [3.8, 4) is 0 Å². The lowest BCUT2D eigenvalue weighted by molar-refractivity contribution is -0.106. The Bertz CT molecular complexity index is 276. The van der Waals surface area contributed by atoms with Crippen LogP contribution in [0.3, 0.4) is 0 Å². The summed E-state index contributed by atoms with van der Waals surface area (Å²) in [6.45, 7) is 19.5. The Kier molecular flexibility index (Phi) is 11.8. The van der Waals surface area contributed by atoms with Crippen LogP contribution in [0.15, 0.2) is 36.0 Å². The number of hydrogen-bond donors (Lipinski definition) is 1. The molecule has 0 bridgehead atoms. The van der Waals surface area contributed by atoms with Gasteiger partial charge in [-0.15, -0.1) is 0 Å². The maximum Gasteiger partial charge on any atom is 0.204 e. The molecule has 0 aliphatic heterocycles. The van der Waals surface area contributed by atoms with Crippen molar-refractivity contribution in [3.05, 3.63) is 36.0 Å². The minimum atomic E-state index is 0.250. The second-order valence-corrected chi connectivity index (χ2v) is 3.74. The first-order valence-electron chi connectivity index (χ1n) is 5.84. The summed E-state index contributed by atoms with van der Waals surface area (Å²) in [7, 11) is 0. The van der Waals surface area contributed by atoms with Crippen LogP contribution in [0.25, 0.3) is 0 Å². The van der Waals surface area contributed by atoms with Crippen molar-refractivity contribution in [1.29, 1.82) is 0 Å². The normalized spacial score (nSPS) is 11.1. The summed E-state index contributed by atoms with van der Waals surface area (Å²) in [6, 6.07) is 0. The summed E-state index contributed by atoms with van der Waals surface area (Å²) >= 11 is 0. The number of allylic oxidation sites excluding steroid dienone is 2. The van der Waals surface area contributed by atoms with Crippen molar-refractivity contribution in [1.82, 2.24) is 4.90 Å². The average molecular weight is 238 g/mol. The van der Waals surface area contributed by atoms with Gasteiger partial charge in [-0.3, -0.25) is 9.69 Å². The van der Waals surface area contributed by atoms with Crippen LogP contribution in [0.5, 0.6) is 0 Å². The summed E-state index contributed by atoms with van der Waals surface area (Å²) in [5.41, 5.74) is 7.88. The largest absolute Gasteiger partial charge is 0.372 e. The van der Waals surface area contributed by atoms with E-state index in [1.54, 1.807) is 0 Å². The van der Waals surface area contributed by atoms with Gasteiger partial charge in [-0.05, 0) is 38.1 Å². The number of rotatable bonds is 6. The van der Waals surface area contributed by atoms with E-state index in [0.717, 1.165) is 25.2 Å². The lowest BCUT2D eigenvalue weighted by Crippen LogP contribution is -2.26. The summed E-state index contributed by atoms with van der Waals surface area (Å²) in [4.78, 5) is 11.0. The van der Waals surface area contributed by atoms with E-state index in [9.17, 15) is 0 Å². The van der Waals surface area contributed by atoms with Crippen LogP contribution >= 0.6 is 0 Å². The number of hydrogen-bond acceptors (Lipinski definition) is 2. The fraction of sp³-hybridized carbons (Fsp3) is 0.500. The van der Waals surface area contributed by atoms with E-state index in [-0.39, 0.29) is 6.41 Å². The second-order valence-electron chi connectivity index (χ2n) is 3.74. The first-order valence-corrected chi connectivity index (χ1v) is 5.84. The fourth-order valence-corrected chi connectivity index (χ4v) is 1.39. The van der Waals surface area contributed by atoms with Gasteiger partial charge in [0.05, 0.1) is 0 Å². The van der Waals surface area contributed by atoms with Gasteiger partial charge in [0.15, 0.2) is 0 Å². The highest BCUT2D eigenvalue weighted by Gasteiger charge is 2.06. The first kappa shape index (κ1) is 18.0. The minimum Gasteiger partial charge on any atom is -0.372 e. The molecule has 17 heavy (non-hydrogen) atoms. The Morgan fingerprint density at radius 1 is 1.29 bits per heavy atom. The van der Waals surface area contributed by atoms with Gasteiger partial charge in [0.25, 0.3) is 0 Å². The zero-order chi connectivity index (χ0) is 13.8. The molecule has 0 saturated heterocycles. The number of nitrogens with two attached hydrogens (primary N) is 1. The molecule has 0 aromatic carbocycles. The monoisotopic (exact) mass is 238 g/mol. The third kappa shape index (κ3) is 8.46. The van der Waals surface area contributed by atoms with Gasteiger partial charge >= 0.3 is 0 Å². The summed E-state index contributed by atoms with van der Waals surface area (Å²) in [6.07, 6.45) is 2.16. The van der Waals surface area contributed by atoms with Crippen LogP contribution in [-0.2, 0) is 4.79 Å². The van der Waals surface area contributed by atoms with Crippen LogP contribution in [0, 0.1) is 0 Å². The van der Waals surface area contributed by atoms with Crippen molar-refractivity contribution in [2.45, 2.75) is 27.7 Å². The van der Waals surface area contributed by atoms with E-state index in [2.05, 4.69) is 51.5 Å². The van der Waals surface area contributed by atoms with Gasteiger partial charge in [0.1, 0.15) is 0 Å². The van der Waals surface area contributed by atoms with Crippen LogP contribution in [-0.4, -0.2) is 30.9 Å². The van der Waals surface area contributed by atoms with Crippen LogP contribution in [0.1, 0.15) is 27.7 Å². The van der Waals surface area contributed by atoms with Crippen molar-refractivity contribution in [2.75, 3.05) is 19.6 Å². The summed E-state index contributed by atoms with van der Waals surface area (Å²) in [5.74, 6) is 0. The molecule has 0 radical (unpaired) electrons. The minimum absolute atomic E-state index is 0.250. The molecule has 0 saturated carbocycles. The Morgan fingerprint density at radius 2 is 1.71 bits per heavy atom. The Morgan fingerprint density at radius 3 is 1.94 bits per heavy atom. The summed E-state index contributed by atoms with van der Waals surface area (Å²) in [5, 5.41) is 0. The molecule has 0 spiro atoms. The smallest absolute Gasteiger partial charge is 0.204 e. The Labute approximate surface area is 106 Å². The maximum atomic E-state index is 8.58. The lowest BCUT2D eigenvalue weighted by atomic mass is 10.0. The van der Waals surface area contributed by atoms with E-state index in [4.69, 9.17) is 4.79 Å². The quantitative estimate of drug-likeness (QED) is 0.571. The van der Waals surface area contributed by atoms with Gasteiger partial charge in [-0.25, -0.2) is 0 Å². The zero-order valence-corrected chi connectivity index (χ0v) is 11.6. The van der Waals surface area contributed by atoms with E-state index in [0.29, 0.717) is 0 Å². The van der Waals surface area contributed by atoms with E-state index in [1.165, 1.54) is 11.1 Å². The highest BCUT2D eigenvalue weighted by Crippen LogP contribution is 2.15. The van der Waals surface area contributed by atoms with Crippen molar-refractivity contribution in [3.63, 3.8) is 0 Å². The third-order valence-corrected chi connectivity index (χ3v) is 2.57. The molecule has 2 N–H and O–H groups in total. The second kappa shape index (κ2) is 11.1. The molecule has 98 valence electrons. The highest BCUT2D eigenvalue weighted by atomic mass is 16.1. The van der Waals surface area contributed by atoms with Gasteiger partial charge in [-0.1, -0.05) is 38.7 Å². The molecule has 1 amide bonds. The van der Waals surface area contributed by atoms with Gasteiger partial charge in [-0.2, -0.15) is 0 Å². The fourth-order valence-electron chi connectivity index (χ4n) is 1.39. The van der Waals surface area contributed by atoms with Crippen LogP contribution in [0.4, 0.5) is 0 Å². The molecule has 0 unspecified atom stereocenters. The van der Waals surface area contributed by atoms with E-state index >= 15 is 0 Å². The van der Waals surface area contributed by atoms with Crippen molar-refractivity contribution < 1.29 is 4.79 Å². The molecule has 0 rings (SSSR count). The van der Waals surface area contributed by atoms with E-state index < -0.39 is 0 Å². The van der Waals surface area contributed by atoms with Crippen LogP contribution < -0.4 is 5.73 Å². The Balaban J connectivity index is 0. The first-order chi connectivity index (χ1) is 7.98. The topological polar surface area (TPSA) is 46.3 Å². The summed E-state index contributed by atoms with van der Waals surface area (Å²) < 4.78 is 0. The van der Waals surface area contributed by atoms with Crippen molar-refractivity contribution in [2.24, 2.45) is 5.73 Å². The molecular weight excluding hydrogens is 212 g/mol. The zero-order valence-electron chi connectivity index (χ0n) is 11.6. The molecule has 0 fully saturated rings. The predicted molar refractivity (Wildman–Crippen MR) is 75.8 cm³/mol. The number of nitrogens with zero attached hydrogens (tertiary/aromatic N) is 1. The number of primary amides is 1. The number of carbonyl (C=O) groups is 1. The molecular formula is C14H26N2O. The lowest BCUT2D eigenvalue weighted by Gasteiger charge is -2.21. The molecule has 3 heteroatoms. The SMILES string of the molecule is C=C/C(C)=C(/CN(CC)CC)C(=C)C.NC=O. The molecule has 0 atom stereocenters. The molecule has 0 aromatic rings. The van der Waals surface area contributed by atoms with Crippen molar-refractivity contribution >= 4 is 6.41 Å². The Hall–Kier alpha value is -1.35. The van der Waals surface area contributed by atoms with E-state index in [1.807, 2.05) is 6.08 Å². The number of likely N-dealkylation sites (N-methyl/N-ethyl adjacent to an activating group) is 1. The van der Waals surface area contributed by atoms with Gasteiger partial charge in [0.2, 0.25) is 6.41 Å². The van der Waals surface area contributed by atoms with Crippen LogP contribution in [0.2, 0.25) is 0 Å². The molecule has 0 aliphatic carbocycles. The molecule has 0 heterocycles. The van der Waals surface area contributed by atoms with Gasteiger partial charge in [0, 0.05) is 6.54 Å². The maximum absolute atomic E-state index is 8.58. The predicted octanol–water partition coefficient (Wildman–Crippen LogP) is 2.51. The standard InChI is InChI=1S/C13H23N.CH3NO/c1-7-12(6)13(11(4)5)10-14(8-2)9-3;2-1-3/h7H,1,4,8-10H2,2-3,5-6H3;1H,(H2,2,3)/b13-12-;. The third-order valence-electron chi connectivity index (χ3n) is 2.57. The molecule has 0 aliphatic rings. The molecule has 3 nitrogen and oxygen atoms in total. The molecule has 0 aromatic heterocycles. The highest BCUT2D eigenvalue weighted by molar-refractivity contribution is 5.42. The number of carbonyl (C=O) groups excluding carboxylic acids is 1. The van der Waals surface area contributed by atoms with Gasteiger partial charge < -0.3 is 5.73 Å². The average Bonchev–Trinajstić information content (AvgIpc) is 2.30. The number of amides is 1.